The minimum Gasteiger partial charge on any atom is -0.280 e. The molecular weight excluding hydrogens is 276 g/mol. The van der Waals surface area contributed by atoms with Crippen LogP contribution in [0.3, 0.4) is 0 Å². The van der Waals surface area contributed by atoms with Gasteiger partial charge in [0.2, 0.25) is 0 Å². The minimum absolute atomic E-state index is 0.677. The van der Waals surface area contributed by atoms with E-state index in [4.69, 9.17) is 0 Å². The monoisotopic (exact) mass is 290 g/mol. The van der Waals surface area contributed by atoms with Crippen molar-refractivity contribution >= 4 is 15.9 Å². The first-order valence-electron chi connectivity index (χ1n) is 6.06. The summed E-state index contributed by atoms with van der Waals surface area (Å²) in [6.07, 6.45) is 3.91. The molecule has 0 unspecified atom stereocenters. The summed E-state index contributed by atoms with van der Waals surface area (Å²) in [6, 6.07) is 8.50. The van der Waals surface area contributed by atoms with Gasteiger partial charge >= 0.3 is 0 Å². The summed E-state index contributed by atoms with van der Waals surface area (Å²) in [6.45, 7) is 2.10. The number of benzene rings is 1. The Bertz CT molecular complexity index is 524. The molecule has 3 heteroatoms. The fraction of sp³-hybridized carbons (Fsp3) is 0.357. The van der Waals surface area contributed by atoms with E-state index in [0.29, 0.717) is 5.92 Å². The van der Waals surface area contributed by atoms with Gasteiger partial charge in [0.25, 0.3) is 0 Å². The van der Waals surface area contributed by atoms with Gasteiger partial charge in [0.05, 0.1) is 10.2 Å². The highest BCUT2D eigenvalue weighted by Gasteiger charge is 2.25. The summed E-state index contributed by atoms with van der Waals surface area (Å²) in [4.78, 5) is 0. The van der Waals surface area contributed by atoms with E-state index in [0.717, 1.165) is 10.2 Å². The van der Waals surface area contributed by atoms with Gasteiger partial charge in [-0.15, -0.1) is 0 Å². The Morgan fingerprint density at radius 1 is 1.24 bits per heavy atom. The lowest BCUT2D eigenvalue weighted by Crippen LogP contribution is -2.09. The Kier molecular flexibility index (Phi) is 2.79. The van der Waals surface area contributed by atoms with Gasteiger partial charge in [-0.3, -0.25) is 5.10 Å². The first kappa shape index (κ1) is 11.0. The Morgan fingerprint density at radius 2 is 1.94 bits per heavy atom. The van der Waals surface area contributed by atoms with Crippen LogP contribution in [-0.4, -0.2) is 10.2 Å². The lowest BCUT2D eigenvalue weighted by molar-refractivity contribution is 0.409. The maximum atomic E-state index is 4.45. The summed E-state index contributed by atoms with van der Waals surface area (Å²) < 4.78 is 1.14. The van der Waals surface area contributed by atoms with Gasteiger partial charge < -0.3 is 0 Å². The summed E-state index contributed by atoms with van der Waals surface area (Å²) in [5.74, 6) is 0.677. The zero-order valence-electron chi connectivity index (χ0n) is 9.83. The van der Waals surface area contributed by atoms with Crippen molar-refractivity contribution in [2.45, 2.75) is 32.1 Å². The van der Waals surface area contributed by atoms with Crippen LogP contribution < -0.4 is 0 Å². The van der Waals surface area contributed by atoms with Crippen LogP contribution in [0.5, 0.6) is 0 Å². The second-order valence-electron chi connectivity index (χ2n) is 4.79. The number of nitrogens with zero attached hydrogens (tertiary/aromatic N) is 1. The molecule has 17 heavy (non-hydrogen) atoms. The smallest absolute Gasteiger partial charge is 0.107 e. The summed E-state index contributed by atoms with van der Waals surface area (Å²) in [7, 11) is 0. The number of hydrogen-bond acceptors (Lipinski definition) is 1. The third-order valence-corrected chi connectivity index (χ3v) is 4.37. The van der Waals surface area contributed by atoms with Crippen LogP contribution in [0.15, 0.2) is 28.7 Å². The van der Waals surface area contributed by atoms with Crippen molar-refractivity contribution in [2.24, 2.45) is 0 Å². The quantitative estimate of drug-likeness (QED) is 0.872. The van der Waals surface area contributed by atoms with Crippen molar-refractivity contribution < 1.29 is 0 Å². The average Bonchev–Trinajstić information content (AvgIpc) is 2.60. The zero-order chi connectivity index (χ0) is 11.8. The van der Waals surface area contributed by atoms with E-state index in [1.165, 1.54) is 36.1 Å². The maximum absolute atomic E-state index is 4.45. The maximum Gasteiger partial charge on any atom is 0.107 e. The lowest BCUT2D eigenvalue weighted by atomic mass is 9.83. The van der Waals surface area contributed by atoms with Crippen molar-refractivity contribution in [3.05, 3.63) is 40.0 Å². The molecule has 1 heterocycles. The molecule has 2 nitrogen and oxygen atoms in total. The van der Waals surface area contributed by atoms with E-state index in [1.54, 1.807) is 0 Å². The predicted molar refractivity (Wildman–Crippen MR) is 73.1 cm³/mol. The number of aromatic amines is 1. The summed E-state index contributed by atoms with van der Waals surface area (Å²) >= 11 is 3.69. The number of nitrogens with one attached hydrogen (secondary N) is 1. The Morgan fingerprint density at radius 3 is 2.53 bits per heavy atom. The second kappa shape index (κ2) is 4.30. The number of H-pyrrole nitrogens is 1. The second-order valence-corrected chi connectivity index (χ2v) is 5.59. The van der Waals surface area contributed by atoms with Crippen molar-refractivity contribution in [1.29, 1.82) is 0 Å². The highest BCUT2D eigenvalue weighted by Crippen LogP contribution is 2.41. The lowest BCUT2D eigenvalue weighted by Gasteiger charge is -2.24. The first-order valence-corrected chi connectivity index (χ1v) is 6.86. The highest BCUT2D eigenvalue weighted by molar-refractivity contribution is 9.10. The van der Waals surface area contributed by atoms with E-state index in [-0.39, 0.29) is 0 Å². The van der Waals surface area contributed by atoms with E-state index < -0.39 is 0 Å². The number of aromatic nitrogens is 2. The molecule has 0 amide bonds. The summed E-state index contributed by atoms with van der Waals surface area (Å²) in [5, 5.41) is 7.64. The molecule has 0 aliphatic heterocycles. The topological polar surface area (TPSA) is 28.7 Å². The van der Waals surface area contributed by atoms with Crippen molar-refractivity contribution in [3.63, 3.8) is 0 Å². The van der Waals surface area contributed by atoms with Crippen molar-refractivity contribution in [2.75, 3.05) is 0 Å². The first-order chi connectivity index (χ1) is 8.25. The Hall–Kier alpha value is -1.09. The van der Waals surface area contributed by atoms with Gasteiger partial charge in [0.1, 0.15) is 5.69 Å². The van der Waals surface area contributed by atoms with Gasteiger partial charge in [-0.05, 0) is 35.7 Å². The molecule has 0 bridgehead atoms. The van der Waals surface area contributed by atoms with Crippen LogP contribution in [0, 0.1) is 6.92 Å². The van der Waals surface area contributed by atoms with Crippen LogP contribution in [0.1, 0.15) is 36.4 Å². The molecule has 0 radical (unpaired) electrons. The molecule has 0 spiro atoms. The fourth-order valence-electron chi connectivity index (χ4n) is 2.21. The number of halogens is 1. The molecule has 1 saturated carbocycles. The van der Waals surface area contributed by atoms with Gasteiger partial charge in [-0.25, -0.2) is 0 Å². The number of aryl methyl sites for hydroxylation is 1. The van der Waals surface area contributed by atoms with Gasteiger partial charge in [-0.1, -0.05) is 36.2 Å². The van der Waals surface area contributed by atoms with Gasteiger partial charge in [-0.2, -0.15) is 5.10 Å². The molecular formula is C14H15BrN2. The van der Waals surface area contributed by atoms with Gasteiger partial charge in [0.15, 0.2) is 0 Å². The molecule has 1 aromatic heterocycles. The highest BCUT2D eigenvalue weighted by atomic mass is 79.9. The molecule has 0 saturated heterocycles. The SMILES string of the molecule is Cc1ccc(-c2n[nH]c(C3CCC3)c2Br)cc1. The molecule has 1 aromatic carbocycles. The Balaban J connectivity index is 1.97. The van der Waals surface area contributed by atoms with Crippen molar-refractivity contribution in [3.8, 4) is 11.3 Å². The molecule has 3 rings (SSSR count). The van der Waals surface area contributed by atoms with E-state index in [9.17, 15) is 0 Å². The zero-order valence-corrected chi connectivity index (χ0v) is 11.4. The predicted octanol–water partition coefficient (Wildman–Crippen LogP) is 4.42. The summed E-state index contributed by atoms with van der Waals surface area (Å²) in [5.41, 5.74) is 4.75. The third kappa shape index (κ3) is 1.93. The molecule has 2 aromatic rings. The molecule has 88 valence electrons. The van der Waals surface area contributed by atoms with Crippen LogP contribution >= 0.6 is 15.9 Å². The molecule has 1 aliphatic carbocycles. The van der Waals surface area contributed by atoms with Crippen molar-refractivity contribution in [1.82, 2.24) is 10.2 Å². The van der Waals surface area contributed by atoms with E-state index >= 15 is 0 Å². The molecule has 1 fully saturated rings. The molecule has 1 aliphatic rings. The number of rotatable bonds is 2. The van der Waals surface area contributed by atoms with E-state index in [1.807, 2.05) is 0 Å². The number of hydrogen-bond donors (Lipinski definition) is 1. The molecule has 1 N–H and O–H groups in total. The van der Waals surface area contributed by atoms with Gasteiger partial charge in [0, 0.05) is 11.5 Å². The Labute approximate surface area is 110 Å². The van der Waals surface area contributed by atoms with Crippen LogP contribution in [-0.2, 0) is 0 Å². The van der Waals surface area contributed by atoms with Crippen LogP contribution in [0.2, 0.25) is 0 Å². The van der Waals surface area contributed by atoms with Crippen LogP contribution in [0.4, 0.5) is 0 Å². The standard InChI is InChI=1S/C14H15BrN2/c1-9-5-7-11(8-6-9)14-12(15)13(16-17-14)10-3-2-4-10/h5-8,10H,2-4H2,1H3,(H,16,17). The average molecular weight is 291 g/mol. The van der Waals surface area contributed by atoms with E-state index in [2.05, 4.69) is 57.3 Å². The third-order valence-electron chi connectivity index (χ3n) is 3.57. The van der Waals surface area contributed by atoms with Crippen LogP contribution in [0.25, 0.3) is 11.3 Å². The molecule has 0 atom stereocenters. The fourth-order valence-corrected chi connectivity index (χ4v) is 2.94. The minimum atomic E-state index is 0.677. The largest absolute Gasteiger partial charge is 0.280 e. The normalized spacial score (nSPS) is 15.9.